The summed E-state index contributed by atoms with van der Waals surface area (Å²) >= 11 is 6.99. The van der Waals surface area contributed by atoms with Crippen LogP contribution < -0.4 is 4.74 Å². The van der Waals surface area contributed by atoms with Gasteiger partial charge in [0.05, 0.1) is 16.1 Å². The van der Waals surface area contributed by atoms with E-state index in [0.717, 1.165) is 16.9 Å². The van der Waals surface area contributed by atoms with Crippen molar-refractivity contribution in [2.45, 2.75) is 13.5 Å². The molecule has 0 aliphatic carbocycles. The van der Waals surface area contributed by atoms with E-state index in [-0.39, 0.29) is 16.5 Å². The molecule has 0 atom stereocenters. The minimum Gasteiger partial charge on any atom is -0.487 e. The Labute approximate surface area is 168 Å². The van der Waals surface area contributed by atoms with Crippen molar-refractivity contribution < 1.29 is 19.0 Å². The molecule has 2 heterocycles. The van der Waals surface area contributed by atoms with Gasteiger partial charge in [-0.25, -0.2) is 14.2 Å². The normalized spacial score (nSPS) is 11.1. The average molecular weight is 417 g/mol. The second-order valence-corrected chi connectivity index (χ2v) is 7.55. The molecule has 0 spiro atoms. The maximum absolute atomic E-state index is 13.7. The number of carbonyl (C=O) groups is 1. The van der Waals surface area contributed by atoms with Crippen molar-refractivity contribution >= 4 is 39.9 Å². The molecule has 0 unspecified atom stereocenters. The molecule has 28 heavy (non-hydrogen) atoms. The molecule has 0 saturated heterocycles. The fourth-order valence-electron chi connectivity index (χ4n) is 2.93. The molecule has 2 aromatic carbocycles. The second-order valence-electron chi connectivity index (χ2n) is 6.14. The summed E-state index contributed by atoms with van der Waals surface area (Å²) in [6.07, 6.45) is 1.52. The van der Waals surface area contributed by atoms with Gasteiger partial charge in [0.2, 0.25) is 0 Å². The number of imidazole rings is 1. The highest BCUT2D eigenvalue weighted by Crippen LogP contribution is 2.39. The van der Waals surface area contributed by atoms with Crippen LogP contribution in [0, 0.1) is 12.7 Å². The number of carboxylic acid groups (broad SMARTS) is 1. The molecule has 0 saturated carbocycles. The Hall–Kier alpha value is -2.90. The number of ether oxygens (including phenoxy) is 1. The largest absolute Gasteiger partial charge is 0.487 e. The topological polar surface area (TPSA) is 64.4 Å². The van der Waals surface area contributed by atoms with Crippen LogP contribution in [0.15, 0.2) is 48.8 Å². The highest BCUT2D eigenvalue weighted by atomic mass is 35.5. The highest BCUT2D eigenvalue weighted by Gasteiger charge is 2.24. The zero-order valence-electron chi connectivity index (χ0n) is 14.6. The maximum atomic E-state index is 13.7. The number of nitrogens with zero attached hydrogens (tertiary/aromatic N) is 2. The molecule has 0 fully saturated rings. The zero-order valence-corrected chi connectivity index (χ0v) is 16.2. The quantitative estimate of drug-likeness (QED) is 0.469. The molecular weight excluding hydrogens is 403 g/mol. The van der Waals surface area contributed by atoms with Crippen molar-refractivity contribution in [2.24, 2.45) is 0 Å². The van der Waals surface area contributed by atoms with E-state index in [2.05, 4.69) is 4.98 Å². The number of carboxylic acids is 1. The van der Waals surface area contributed by atoms with Gasteiger partial charge in [0, 0.05) is 11.6 Å². The lowest BCUT2D eigenvalue weighted by Gasteiger charge is -2.08. The van der Waals surface area contributed by atoms with Crippen molar-refractivity contribution in [1.82, 2.24) is 9.55 Å². The van der Waals surface area contributed by atoms with Gasteiger partial charge in [-0.1, -0.05) is 41.9 Å². The van der Waals surface area contributed by atoms with Crippen LogP contribution in [0.25, 0.3) is 16.0 Å². The molecule has 2 aromatic heterocycles. The highest BCUT2D eigenvalue weighted by molar-refractivity contribution is 7.17. The third-order valence-corrected chi connectivity index (χ3v) is 5.84. The van der Waals surface area contributed by atoms with E-state index in [1.54, 1.807) is 11.5 Å². The minimum absolute atomic E-state index is 0.0255. The van der Waals surface area contributed by atoms with Gasteiger partial charge in [-0.05, 0) is 18.6 Å². The molecule has 4 aromatic rings. The maximum Gasteiger partial charge on any atom is 0.349 e. The number of thiophene rings is 1. The van der Waals surface area contributed by atoms with Crippen LogP contribution in [-0.4, -0.2) is 20.6 Å². The average Bonchev–Trinajstić information content (AvgIpc) is 3.22. The van der Waals surface area contributed by atoms with Crippen molar-refractivity contribution in [3.05, 3.63) is 75.6 Å². The van der Waals surface area contributed by atoms with Crippen LogP contribution in [0.5, 0.6) is 5.75 Å². The summed E-state index contributed by atoms with van der Waals surface area (Å²) in [6.45, 7) is 2.04. The number of fused-ring (bicyclic) bond motifs is 1. The van der Waals surface area contributed by atoms with E-state index in [1.807, 2.05) is 30.3 Å². The summed E-state index contributed by atoms with van der Waals surface area (Å²) in [5.74, 6) is -1.32. The van der Waals surface area contributed by atoms with Crippen molar-refractivity contribution in [1.29, 1.82) is 0 Å². The van der Waals surface area contributed by atoms with Gasteiger partial charge in [0.15, 0.2) is 4.88 Å². The second kappa shape index (κ2) is 7.26. The summed E-state index contributed by atoms with van der Waals surface area (Å²) in [4.78, 5) is 16.1. The van der Waals surface area contributed by atoms with Gasteiger partial charge in [0.1, 0.15) is 29.5 Å². The molecule has 8 heteroatoms. The first-order chi connectivity index (χ1) is 13.5. The Balaban J connectivity index is 1.79. The number of hydrogen-bond acceptors (Lipinski definition) is 4. The predicted octanol–water partition coefficient (Wildman–Crippen LogP) is 5.47. The summed E-state index contributed by atoms with van der Waals surface area (Å²) in [6, 6.07) is 12.2. The predicted molar refractivity (Wildman–Crippen MR) is 106 cm³/mol. The Kier molecular flexibility index (Phi) is 4.78. The van der Waals surface area contributed by atoms with Crippen LogP contribution in [-0.2, 0) is 6.61 Å². The van der Waals surface area contributed by atoms with Crippen LogP contribution in [0.2, 0.25) is 5.02 Å². The fourth-order valence-corrected chi connectivity index (χ4v) is 4.16. The van der Waals surface area contributed by atoms with E-state index in [1.165, 1.54) is 18.5 Å². The van der Waals surface area contributed by atoms with Gasteiger partial charge in [-0.3, -0.25) is 4.57 Å². The van der Waals surface area contributed by atoms with E-state index in [0.29, 0.717) is 27.3 Å². The number of aromatic nitrogens is 2. The number of hydrogen-bond donors (Lipinski definition) is 1. The van der Waals surface area contributed by atoms with Gasteiger partial charge in [-0.2, -0.15) is 0 Å². The van der Waals surface area contributed by atoms with Crippen LogP contribution >= 0.6 is 22.9 Å². The molecule has 0 aliphatic heterocycles. The monoisotopic (exact) mass is 416 g/mol. The molecule has 0 amide bonds. The first kappa shape index (κ1) is 18.5. The number of rotatable bonds is 5. The van der Waals surface area contributed by atoms with E-state index in [9.17, 15) is 14.3 Å². The first-order valence-electron chi connectivity index (χ1n) is 8.31. The SMILES string of the molecule is Cc1c(-n2cnc3cc(F)c(Cl)cc32)sc(C(=O)O)c1OCc1ccccc1. The lowest BCUT2D eigenvalue weighted by molar-refractivity contribution is 0.0697. The van der Waals surface area contributed by atoms with Gasteiger partial charge in [-0.15, -0.1) is 11.3 Å². The Morgan fingerprint density at radius 1 is 1.32 bits per heavy atom. The fraction of sp³-hybridized carbons (Fsp3) is 0.100. The van der Waals surface area contributed by atoms with E-state index in [4.69, 9.17) is 16.3 Å². The summed E-state index contributed by atoms with van der Waals surface area (Å²) in [5.41, 5.74) is 2.61. The Morgan fingerprint density at radius 3 is 2.79 bits per heavy atom. The summed E-state index contributed by atoms with van der Waals surface area (Å²) < 4.78 is 21.3. The molecule has 0 bridgehead atoms. The molecule has 142 valence electrons. The summed E-state index contributed by atoms with van der Waals surface area (Å²) in [5, 5.41) is 10.2. The van der Waals surface area contributed by atoms with Crippen LogP contribution in [0.1, 0.15) is 20.8 Å². The third-order valence-electron chi connectivity index (χ3n) is 4.29. The van der Waals surface area contributed by atoms with Crippen LogP contribution in [0.3, 0.4) is 0 Å². The summed E-state index contributed by atoms with van der Waals surface area (Å²) in [7, 11) is 0. The van der Waals surface area contributed by atoms with Crippen LogP contribution in [0.4, 0.5) is 4.39 Å². The van der Waals surface area contributed by atoms with Gasteiger partial charge < -0.3 is 9.84 Å². The minimum atomic E-state index is -1.07. The first-order valence-corrected chi connectivity index (χ1v) is 9.51. The standard InChI is InChI=1S/C20H14ClFN2O3S/c1-11-17(27-9-12-5-3-2-4-6-12)18(20(25)26)28-19(11)24-10-23-15-8-14(22)13(21)7-16(15)24/h2-8,10H,9H2,1H3,(H,25,26). The van der Waals surface area contributed by atoms with E-state index < -0.39 is 11.8 Å². The number of benzene rings is 2. The molecule has 0 aliphatic rings. The third kappa shape index (κ3) is 3.23. The Morgan fingerprint density at radius 2 is 2.07 bits per heavy atom. The zero-order chi connectivity index (χ0) is 19.8. The van der Waals surface area contributed by atoms with Crippen molar-refractivity contribution in [2.75, 3.05) is 0 Å². The Bertz CT molecular complexity index is 1190. The molecular formula is C20H14ClFN2O3S. The molecule has 0 radical (unpaired) electrons. The molecule has 5 nitrogen and oxygen atoms in total. The van der Waals surface area contributed by atoms with Crippen molar-refractivity contribution in [3.8, 4) is 10.8 Å². The van der Waals surface area contributed by atoms with Gasteiger partial charge >= 0.3 is 5.97 Å². The van der Waals surface area contributed by atoms with Crippen molar-refractivity contribution in [3.63, 3.8) is 0 Å². The number of aromatic carboxylic acids is 1. The van der Waals surface area contributed by atoms with E-state index >= 15 is 0 Å². The molecule has 1 N–H and O–H groups in total. The smallest absolute Gasteiger partial charge is 0.349 e. The lowest BCUT2D eigenvalue weighted by atomic mass is 10.2. The number of halogens is 2. The lowest BCUT2D eigenvalue weighted by Crippen LogP contribution is -2.01. The van der Waals surface area contributed by atoms with Gasteiger partial charge in [0.25, 0.3) is 0 Å². The molecule has 4 rings (SSSR count).